The minimum Gasteiger partial charge on any atom is -0.444 e. The predicted octanol–water partition coefficient (Wildman–Crippen LogP) is 3.30. The van der Waals surface area contributed by atoms with Gasteiger partial charge >= 0.3 is 6.09 Å². The normalized spacial score (nSPS) is 24.3. The lowest BCUT2D eigenvalue weighted by Gasteiger charge is -2.27. The summed E-state index contributed by atoms with van der Waals surface area (Å²) in [6, 6.07) is 2.84. The molecule has 3 atom stereocenters. The smallest absolute Gasteiger partial charge is 0.410 e. The number of nitriles is 1. The van der Waals surface area contributed by atoms with Gasteiger partial charge in [0.1, 0.15) is 5.60 Å². The van der Waals surface area contributed by atoms with Crippen LogP contribution in [0.2, 0.25) is 0 Å². The van der Waals surface area contributed by atoms with Gasteiger partial charge in [-0.25, -0.2) is 4.79 Å². The molecule has 1 amide bonds. The number of amides is 1. The number of ether oxygens (including phenoxy) is 1. The molecule has 1 heterocycles. The van der Waals surface area contributed by atoms with E-state index in [0.29, 0.717) is 24.9 Å². The number of nitrogens with one attached hydrogen (secondary N) is 1. The first-order chi connectivity index (χ1) is 10.3. The summed E-state index contributed by atoms with van der Waals surface area (Å²) in [6.07, 6.45) is 3.13. The van der Waals surface area contributed by atoms with E-state index in [9.17, 15) is 4.79 Å². The van der Waals surface area contributed by atoms with Crippen molar-refractivity contribution < 1.29 is 9.53 Å². The fraction of sp³-hybridized carbons (Fsp3) is 0.882. The van der Waals surface area contributed by atoms with Gasteiger partial charge in [-0.15, -0.1) is 0 Å². The highest BCUT2D eigenvalue weighted by Gasteiger charge is 2.29. The van der Waals surface area contributed by atoms with Crippen LogP contribution >= 0.6 is 0 Å². The van der Waals surface area contributed by atoms with E-state index in [1.165, 1.54) is 0 Å². The number of likely N-dealkylation sites (tertiary alicyclic amines) is 1. The van der Waals surface area contributed by atoms with Gasteiger partial charge in [0.15, 0.2) is 0 Å². The summed E-state index contributed by atoms with van der Waals surface area (Å²) >= 11 is 0. The van der Waals surface area contributed by atoms with E-state index < -0.39 is 5.60 Å². The monoisotopic (exact) mass is 309 g/mol. The summed E-state index contributed by atoms with van der Waals surface area (Å²) in [5.41, 5.74) is -0.452. The molecule has 5 nitrogen and oxygen atoms in total. The third kappa shape index (κ3) is 6.23. The highest BCUT2D eigenvalue weighted by atomic mass is 16.6. The molecule has 0 aromatic rings. The third-order valence-corrected chi connectivity index (χ3v) is 4.18. The van der Waals surface area contributed by atoms with Crippen LogP contribution in [0.15, 0.2) is 0 Å². The predicted molar refractivity (Wildman–Crippen MR) is 87.4 cm³/mol. The summed E-state index contributed by atoms with van der Waals surface area (Å²) in [7, 11) is 0. The van der Waals surface area contributed by atoms with E-state index in [-0.39, 0.29) is 12.1 Å². The molecule has 22 heavy (non-hydrogen) atoms. The standard InChI is InChI=1S/C17H31N3O2/c1-6-14(7-10-18)19-15-9-12-20(11-8-13(15)2)16(21)22-17(3,4)5/h13-15,19H,6-9,11-12H2,1-5H3. The zero-order valence-electron chi connectivity index (χ0n) is 14.7. The molecule has 1 rings (SSSR count). The lowest BCUT2D eigenvalue weighted by atomic mass is 9.95. The van der Waals surface area contributed by atoms with E-state index in [1.807, 2.05) is 25.7 Å². The van der Waals surface area contributed by atoms with E-state index >= 15 is 0 Å². The first kappa shape index (κ1) is 18.8. The van der Waals surface area contributed by atoms with Crippen LogP contribution in [0.3, 0.4) is 0 Å². The van der Waals surface area contributed by atoms with Gasteiger partial charge < -0.3 is 15.0 Å². The lowest BCUT2D eigenvalue weighted by Crippen LogP contribution is -2.42. The van der Waals surface area contributed by atoms with Crippen molar-refractivity contribution in [3.63, 3.8) is 0 Å². The molecular formula is C17H31N3O2. The third-order valence-electron chi connectivity index (χ3n) is 4.18. The average Bonchev–Trinajstić information content (AvgIpc) is 2.59. The second-order valence-corrected chi connectivity index (χ2v) is 7.26. The zero-order chi connectivity index (χ0) is 16.8. The molecule has 0 aromatic heterocycles. The lowest BCUT2D eigenvalue weighted by molar-refractivity contribution is 0.0255. The summed E-state index contributed by atoms with van der Waals surface area (Å²) in [4.78, 5) is 14.0. The number of carbonyl (C=O) groups excluding carboxylic acids is 1. The van der Waals surface area contributed by atoms with Gasteiger partial charge in [0.25, 0.3) is 0 Å². The Balaban J connectivity index is 2.59. The Kier molecular flexibility index (Phi) is 7.15. The molecule has 1 saturated heterocycles. The molecule has 0 saturated carbocycles. The van der Waals surface area contributed by atoms with E-state index in [2.05, 4.69) is 25.2 Å². The van der Waals surface area contributed by atoms with Crippen LogP contribution in [0.5, 0.6) is 0 Å². The molecule has 0 bridgehead atoms. The van der Waals surface area contributed by atoms with Crippen molar-refractivity contribution in [2.24, 2.45) is 5.92 Å². The van der Waals surface area contributed by atoms with Crippen LogP contribution < -0.4 is 5.32 Å². The van der Waals surface area contributed by atoms with E-state index in [0.717, 1.165) is 25.8 Å². The van der Waals surface area contributed by atoms with Crippen LogP contribution in [0.1, 0.15) is 60.3 Å². The maximum atomic E-state index is 12.2. The Bertz CT molecular complexity index is 398. The van der Waals surface area contributed by atoms with Crippen molar-refractivity contribution in [1.82, 2.24) is 10.2 Å². The van der Waals surface area contributed by atoms with Crippen molar-refractivity contribution >= 4 is 6.09 Å². The Morgan fingerprint density at radius 2 is 2.05 bits per heavy atom. The molecule has 5 heteroatoms. The summed E-state index contributed by atoms with van der Waals surface area (Å²) in [5, 5.41) is 12.5. The molecule has 0 aromatic carbocycles. The van der Waals surface area contributed by atoms with E-state index in [1.54, 1.807) is 0 Å². The number of hydrogen-bond donors (Lipinski definition) is 1. The first-order valence-electron chi connectivity index (χ1n) is 8.37. The van der Waals surface area contributed by atoms with Gasteiger partial charge in [0, 0.05) is 25.2 Å². The van der Waals surface area contributed by atoms with Crippen LogP contribution in [-0.4, -0.2) is 41.8 Å². The summed E-state index contributed by atoms with van der Waals surface area (Å²) in [6.45, 7) is 11.4. The molecule has 1 aliphatic rings. The van der Waals surface area contributed by atoms with Crippen molar-refractivity contribution in [3.05, 3.63) is 0 Å². The maximum absolute atomic E-state index is 12.2. The van der Waals surface area contributed by atoms with Gasteiger partial charge in [-0.3, -0.25) is 0 Å². The second-order valence-electron chi connectivity index (χ2n) is 7.26. The number of hydrogen-bond acceptors (Lipinski definition) is 4. The van der Waals surface area contributed by atoms with Crippen molar-refractivity contribution in [2.75, 3.05) is 13.1 Å². The largest absolute Gasteiger partial charge is 0.444 e. The summed E-state index contributed by atoms with van der Waals surface area (Å²) in [5.74, 6) is 0.486. The van der Waals surface area contributed by atoms with Crippen LogP contribution in [0.25, 0.3) is 0 Å². The zero-order valence-corrected chi connectivity index (χ0v) is 14.7. The van der Waals surface area contributed by atoms with Crippen LogP contribution in [-0.2, 0) is 4.74 Å². The van der Waals surface area contributed by atoms with E-state index in [4.69, 9.17) is 10.00 Å². The van der Waals surface area contributed by atoms with Crippen molar-refractivity contribution in [2.45, 2.75) is 78.0 Å². The van der Waals surface area contributed by atoms with Gasteiger partial charge in [-0.05, 0) is 46.0 Å². The van der Waals surface area contributed by atoms with Gasteiger partial charge in [-0.2, -0.15) is 5.26 Å². The molecule has 1 fully saturated rings. The molecule has 3 unspecified atom stereocenters. The number of rotatable bonds is 4. The molecule has 1 N–H and O–H groups in total. The Morgan fingerprint density at radius 3 is 2.59 bits per heavy atom. The van der Waals surface area contributed by atoms with Crippen LogP contribution in [0, 0.1) is 17.2 Å². The van der Waals surface area contributed by atoms with Gasteiger partial charge in [0.05, 0.1) is 12.5 Å². The number of carbonyl (C=O) groups is 1. The molecule has 0 spiro atoms. The molecule has 1 aliphatic heterocycles. The fourth-order valence-electron chi connectivity index (χ4n) is 2.74. The molecular weight excluding hydrogens is 278 g/mol. The fourth-order valence-corrected chi connectivity index (χ4v) is 2.74. The van der Waals surface area contributed by atoms with Gasteiger partial charge in [-0.1, -0.05) is 13.8 Å². The highest BCUT2D eigenvalue weighted by Crippen LogP contribution is 2.21. The quantitative estimate of drug-likeness (QED) is 0.865. The minimum atomic E-state index is -0.452. The minimum absolute atomic E-state index is 0.218. The maximum Gasteiger partial charge on any atom is 0.410 e. The summed E-state index contributed by atoms with van der Waals surface area (Å²) < 4.78 is 5.47. The topological polar surface area (TPSA) is 65.4 Å². The Labute approximate surface area is 135 Å². The van der Waals surface area contributed by atoms with Gasteiger partial charge in [0.2, 0.25) is 0 Å². The molecule has 0 aliphatic carbocycles. The highest BCUT2D eigenvalue weighted by molar-refractivity contribution is 5.68. The average molecular weight is 309 g/mol. The van der Waals surface area contributed by atoms with Crippen LogP contribution in [0.4, 0.5) is 4.79 Å². The van der Waals surface area contributed by atoms with Crippen molar-refractivity contribution in [3.8, 4) is 6.07 Å². The second kappa shape index (κ2) is 8.38. The first-order valence-corrected chi connectivity index (χ1v) is 8.37. The molecule has 0 radical (unpaired) electrons. The Hall–Kier alpha value is -1.28. The number of nitrogens with zero attached hydrogens (tertiary/aromatic N) is 2. The Morgan fingerprint density at radius 1 is 1.41 bits per heavy atom. The SMILES string of the molecule is CCC(CC#N)NC1CCN(C(=O)OC(C)(C)C)CCC1C. The van der Waals surface area contributed by atoms with Crippen molar-refractivity contribution in [1.29, 1.82) is 5.26 Å². The molecule has 126 valence electrons.